The Bertz CT molecular complexity index is 448. The van der Waals surface area contributed by atoms with Crippen molar-refractivity contribution in [1.29, 1.82) is 0 Å². The van der Waals surface area contributed by atoms with E-state index in [4.69, 9.17) is 0 Å². The van der Waals surface area contributed by atoms with Gasteiger partial charge in [-0.3, -0.25) is 4.98 Å². The van der Waals surface area contributed by atoms with Gasteiger partial charge in [-0.05, 0) is 42.1 Å². The summed E-state index contributed by atoms with van der Waals surface area (Å²) in [4.78, 5) is 4.11. The number of pyridine rings is 1. The van der Waals surface area contributed by atoms with E-state index in [9.17, 15) is 0 Å². The molecule has 2 aromatic rings. The molecule has 2 nitrogen and oxygen atoms in total. The summed E-state index contributed by atoms with van der Waals surface area (Å²) in [6.07, 6.45) is 5.87. The van der Waals surface area contributed by atoms with E-state index in [0.717, 1.165) is 25.9 Å². The van der Waals surface area contributed by atoms with Crippen molar-refractivity contribution in [3.63, 3.8) is 0 Å². The monoisotopic (exact) mass is 240 g/mol. The van der Waals surface area contributed by atoms with E-state index in [-0.39, 0.29) is 0 Å². The van der Waals surface area contributed by atoms with E-state index in [1.54, 1.807) is 0 Å². The van der Waals surface area contributed by atoms with Crippen LogP contribution in [0.3, 0.4) is 0 Å². The Kier molecular flexibility index (Phi) is 4.91. The molecular formula is C16H20N2. The molecule has 18 heavy (non-hydrogen) atoms. The molecule has 0 aliphatic rings. The molecule has 0 radical (unpaired) electrons. The Morgan fingerprint density at radius 3 is 2.44 bits per heavy atom. The van der Waals surface area contributed by atoms with Gasteiger partial charge in [0.25, 0.3) is 0 Å². The highest BCUT2D eigenvalue weighted by Crippen LogP contribution is 2.04. The van der Waals surface area contributed by atoms with Crippen molar-refractivity contribution < 1.29 is 0 Å². The Labute approximate surface area is 109 Å². The fourth-order valence-electron chi connectivity index (χ4n) is 1.90. The molecule has 1 heterocycles. The van der Waals surface area contributed by atoms with Crippen molar-refractivity contribution >= 4 is 0 Å². The first kappa shape index (κ1) is 12.8. The van der Waals surface area contributed by atoms with Crippen molar-refractivity contribution in [2.75, 3.05) is 6.54 Å². The van der Waals surface area contributed by atoms with E-state index in [0.29, 0.717) is 0 Å². The molecule has 0 amide bonds. The highest BCUT2D eigenvalue weighted by Gasteiger charge is 1.95. The topological polar surface area (TPSA) is 24.9 Å². The minimum absolute atomic E-state index is 0.935. The number of aryl methyl sites for hydroxylation is 1. The van der Waals surface area contributed by atoms with Gasteiger partial charge in [-0.15, -0.1) is 0 Å². The van der Waals surface area contributed by atoms with E-state index in [1.807, 2.05) is 18.5 Å². The zero-order chi connectivity index (χ0) is 12.6. The first-order chi connectivity index (χ1) is 8.88. The lowest BCUT2D eigenvalue weighted by atomic mass is 10.1. The SMILES string of the molecule is CCc1ccc(CNCCc2cccnc2)cc1. The van der Waals surface area contributed by atoms with Crippen LogP contribution in [0.15, 0.2) is 48.8 Å². The van der Waals surface area contributed by atoms with E-state index in [1.165, 1.54) is 16.7 Å². The lowest BCUT2D eigenvalue weighted by Gasteiger charge is -2.05. The predicted octanol–water partition coefficient (Wildman–Crippen LogP) is 2.98. The van der Waals surface area contributed by atoms with Gasteiger partial charge in [0, 0.05) is 18.9 Å². The predicted molar refractivity (Wildman–Crippen MR) is 75.5 cm³/mol. The average molecular weight is 240 g/mol. The maximum atomic E-state index is 4.11. The fourth-order valence-corrected chi connectivity index (χ4v) is 1.90. The Morgan fingerprint density at radius 1 is 1.00 bits per heavy atom. The summed E-state index contributed by atoms with van der Waals surface area (Å²) in [6, 6.07) is 12.9. The summed E-state index contributed by atoms with van der Waals surface area (Å²) in [7, 11) is 0. The van der Waals surface area contributed by atoms with Gasteiger partial charge < -0.3 is 5.32 Å². The minimum atomic E-state index is 0.935. The van der Waals surface area contributed by atoms with Crippen LogP contribution in [0.25, 0.3) is 0 Å². The van der Waals surface area contributed by atoms with Gasteiger partial charge in [-0.25, -0.2) is 0 Å². The quantitative estimate of drug-likeness (QED) is 0.785. The summed E-state index contributed by atoms with van der Waals surface area (Å²) in [5.41, 5.74) is 4.03. The molecule has 0 aliphatic carbocycles. The van der Waals surface area contributed by atoms with Crippen molar-refractivity contribution in [2.45, 2.75) is 26.3 Å². The number of hydrogen-bond donors (Lipinski definition) is 1. The van der Waals surface area contributed by atoms with Gasteiger partial charge in [-0.1, -0.05) is 37.3 Å². The summed E-state index contributed by atoms with van der Waals surface area (Å²) in [5, 5.41) is 3.46. The first-order valence-corrected chi connectivity index (χ1v) is 6.56. The molecule has 2 heteroatoms. The van der Waals surface area contributed by atoms with Gasteiger partial charge in [0.1, 0.15) is 0 Å². The van der Waals surface area contributed by atoms with Gasteiger partial charge in [-0.2, -0.15) is 0 Å². The molecule has 0 aliphatic heterocycles. The molecule has 0 bridgehead atoms. The van der Waals surface area contributed by atoms with Gasteiger partial charge >= 0.3 is 0 Å². The lowest BCUT2D eigenvalue weighted by Crippen LogP contribution is -2.16. The fraction of sp³-hybridized carbons (Fsp3) is 0.312. The zero-order valence-electron chi connectivity index (χ0n) is 10.9. The largest absolute Gasteiger partial charge is 0.312 e. The van der Waals surface area contributed by atoms with Gasteiger partial charge in [0.2, 0.25) is 0 Å². The summed E-state index contributed by atoms with van der Waals surface area (Å²) in [5.74, 6) is 0. The van der Waals surface area contributed by atoms with E-state index < -0.39 is 0 Å². The standard InChI is InChI=1S/C16H20N2/c1-2-14-5-7-16(8-6-14)13-18-11-9-15-4-3-10-17-12-15/h3-8,10,12,18H,2,9,11,13H2,1H3. The Hall–Kier alpha value is -1.67. The van der Waals surface area contributed by atoms with E-state index in [2.05, 4.69) is 47.6 Å². The minimum Gasteiger partial charge on any atom is -0.312 e. The number of aromatic nitrogens is 1. The molecule has 94 valence electrons. The normalized spacial score (nSPS) is 10.5. The Balaban J connectivity index is 1.72. The second-order valence-corrected chi connectivity index (χ2v) is 4.46. The van der Waals surface area contributed by atoms with Crippen LogP contribution in [0.4, 0.5) is 0 Å². The maximum absolute atomic E-state index is 4.11. The summed E-state index contributed by atoms with van der Waals surface area (Å²) >= 11 is 0. The molecule has 0 atom stereocenters. The molecule has 2 rings (SSSR count). The molecule has 1 aromatic heterocycles. The van der Waals surface area contributed by atoms with Gasteiger partial charge in [0.05, 0.1) is 0 Å². The molecule has 0 fully saturated rings. The highest BCUT2D eigenvalue weighted by atomic mass is 14.8. The van der Waals surface area contributed by atoms with Crippen LogP contribution in [0.5, 0.6) is 0 Å². The molecule has 0 saturated heterocycles. The maximum Gasteiger partial charge on any atom is 0.0300 e. The second-order valence-electron chi connectivity index (χ2n) is 4.46. The van der Waals surface area contributed by atoms with Crippen molar-refractivity contribution in [2.24, 2.45) is 0 Å². The van der Waals surface area contributed by atoms with Crippen molar-refractivity contribution in [1.82, 2.24) is 10.3 Å². The zero-order valence-corrected chi connectivity index (χ0v) is 10.9. The molecule has 0 spiro atoms. The molecular weight excluding hydrogens is 220 g/mol. The number of nitrogens with one attached hydrogen (secondary N) is 1. The van der Waals surface area contributed by atoms with Crippen molar-refractivity contribution in [3.05, 3.63) is 65.5 Å². The van der Waals surface area contributed by atoms with E-state index >= 15 is 0 Å². The number of benzene rings is 1. The average Bonchev–Trinajstić information content (AvgIpc) is 2.45. The third kappa shape index (κ3) is 3.97. The lowest BCUT2D eigenvalue weighted by molar-refractivity contribution is 0.686. The van der Waals surface area contributed by atoms with Crippen LogP contribution >= 0.6 is 0 Å². The van der Waals surface area contributed by atoms with Crippen LogP contribution in [-0.2, 0) is 19.4 Å². The second kappa shape index (κ2) is 6.92. The van der Waals surface area contributed by atoms with Crippen LogP contribution < -0.4 is 5.32 Å². The first-order valence-electron chi connectivity index (χ1n) is 6.56. The highest BCUT2D eigenvalue weighted by molar-refractivity contribution is 5.22. The molecule has 0 saturated carbocycles. The van der Waals surface area contributed by atoms with Crippen LogP contribution in [0.1, 0.15) is 23.6 Å². The smallest absolute Gasteiger partial charge is 0.0300 e. The van der Waals surface area contributed by atoms with Crippen LogP contribution in [0, 0.1) is 0 Å². The molecule has 1 N–H and O–H groups in total. The molecule has 1 aromatic carbocycles. The molecule has 0 unspecified atom stereocenters. The van der Waals surface area contributed by atoms with Crippen LogP contribution in [0.2, 0.25) is 0 Å². The third-order valence-electron chi connectivity index (χ3n) is 3.07. The number of nitrogens with zero attached hydrogens (tertiary/aromatic N) is 1. The van der Waals surface area contributed by atoms with Crippen LogP contribution in [-0.4, -0.2) is 11.5 Å². The number of hydrogen-bond acceptors (Lipinski definition) is 2. The van der Waals surface area contributed by atoms with Gasteiger partial charge in [0.15, 0.2) is 0 Å². The Morgan fingerprint density at radius 2 is 1.78 bits per heavy atom. The third-order valence-corrected chi connectivity index (χ3v) is 3.07. The summed E-state index contributed by atoms with van der Waals surface area (Å²) in [6.45, 7) is 4.10. The summed E-state index contributed by atoms with van der Waals surface area (Å²) < 4.78 is 0. The van der Waals surface area contributed by atoms with Crippen molar-refractivity contribution in [3.8, 4) is 0 Å². The number of rotatable bonds is 6.